The highest BCUT2D eigenvalue weighted by Crippen LogP contribution is 2.37. The molecule has 186 valence electrons. The Morgan fingerprint density at radius 3 is 2.65 bits per heavy atom. The van der Waals surface area contributed by atoms with Crippen LogP contribution in [0, 0.1) is 12.8 Å². The molecule has 0 radical (unpaired) electrons. The summed E-state index contributed by atoms with van der Waals surface area (Å²) in [6, 6.07) is 0.271. The van der Waals surface area contributed by atoms with Crippen LogP contribution in [0.1, 0.15) is 49.8 Å². The summed E-state index contributed by atoms with van der Waals surface area (Å²) in [6.45, 7) is 1.89. The van der Waals surface area contributed by atoms with Gasteiger partial charge in [-0.15, -0.1) is 0 Å². The first-order valence-corrected chi connectivity index (χ1v) is 11.3. The highest BCUT2D eigenvalue weighted by atomic mass is 19.4. The number of carbonyl (C=O) groups is 3. The number of nitrogens with zero attached hydrogens (tertiary/aromatic N) is 2. The summed E-state index contributed by atoms with van der Waals surface area (Å²) in [6.07, 6.45) is -0.981. The van der Waals surface area contributed by atoms with Gasteiger partial charge >= 0.3 is 12.1 Å². The molecule has 0 spiro atoms. The summed E-state index contributed by atoms with van der Waals surface area (Å²) < 4.78 is 39.2. The molecule has 1 aromatic rings. The summed E-state index contributed by atoms with van der Waals surface area (Å²) in [5, 5.41) is 11.4. The lowest BCUT2D eigenvalue weighted by molar-refractivity contribution is -0.184. The molecular weight excluding hydrogens is 453 g/mol. The van der Waals surface area contributed by atoms with Crippen LogP contribution >= 0.6 is 0 Å². The number of amides is 3. The Labute approximate surface area is 195 Å². The molecule has 6 N–H and O–H groups in total. The van der Waals surface area contributed by atoms with Gasteiger partial charge in [0, 0.05) is 18.3 Å². The molecular formula is C22H30F3N6O3+. The van der Waals surface area contributed by atoms with E-state index in [9.17, 15) is 27.6 Å². The minimum Gasteiger partial charge on any atom is -0.374 e. The first-order valence-electron chi connectivity index (χ1n) is 11.3. The summed E-state index contributed by atoms with van der Waals surface area (Å²) in [4.78, 5) is 42.8. The zero-order valence-electron chi connectivity index (χ0n) is 19.0. The Kier molecular flexibility index (Phi) is 7.78. The number of hydrogen-bond donors (Lipinski definition) is 4. The molecule has 1 saturated heterocycles. The van der Waals surface area contributed by atoms with Gasteiger partial charge in [0.15, 0.2) is 0 Å². The molecule has 3 atom stereocenters. The zero-order chi connectivity index (χ0) is 25.0. The third-order valence-corrected chi connectivity index (χ3v) is 6.39. The summed E-state index contributed by atoms with van der Waals surface area (Å²) in [5.74, 6) is -3.02. The standard InChI is InChI=1S/C22H29F3N6O3/c1-12-8-15(19(26)20(27)33)16(10-28-12)29-11-18(32)31-7-3-6-17(31)21(34)30-14-5-2-4-13(9-14)22(23,24)25/h8,10,13-14,17,26,29H,2-7,9,11H2,1H3,(H2,27,33)(H,30,34)/p+1/t13-,14?,17-/m0/s1. The molecule has 34 heavy (non-hydrogen) atoms. The number of carbonyl (C=O) groups excluding carboxylic acids is 3. The maximum Gasteiger partial charge on any atom is 0.391 e. The van der Waals surface area contributed by atoms with Crippen LogP contribution in [0.3, 0.4) is 0 Å². The Hall–Kier alpha value is -3.18. The molecule has 0 aromatic carbocycles. The Morgan fingerprint density at radius 1 is 1.24 bits per heavy atom. The second-order valence-corrected chi connectivity index (χ2v) is 8.86. The monoisotopic (exact) mass is 483 g/mol. The second-order valence-electron chi connectivity index (χ2n) is 8.86. The third kappa shape index (κ3) is 6.03. The number of alkyl halides is 3. The number of primary amides is 1. The van der Waals surface area contributed by atoms with E-state index in [-0.39, 0.29) is 31.0 Å². The van der Waals surface area contributed by atoms with Crippen LogP contribution in [0.15, 0.2) is 12.3 Å². The predicted molar refractivity (Wildman–Crippen MR) is 117 cm³/mol. The second kappa shape index (κ2) is 10.4. The average Bonchev–Trinajstić information content (AvgIpc) is 3.27. The molecule has 0 bridgehead atoms. The van der Waals surface area contributed by atoms with Crippen molar-refractivity contribution in [2.24, 2.45) is 11.7 Å². The van der Waals surface area contributed by atoms with E-state index in [0.29, 0.717) is 49.2 Å². The van der Waals surface area contributed by atoms with E-state index in [0.717, 1.165) is 0 Å². The fourth-order valence-electron chi connectivity index (χ4n) is 4.58. The van der Waals surface area contributed by atoms with Crippen molar-refractivity contribution in [3.8, 4) is 0 Å². The molecule has 3 rings (SSSR count). The molecule has 1 unspecified atom stereocenters. The van der Waals surface area contributed by atoms with Crippen LogP contribution in [0.5, 0.6) is 0 Å². The van der Waals surface area contributed by atoms with Crippen LogP contribution < -0.4 is 21.8 Å². The summed E-state index contributed by atoms with van der Waals surface area (Å²) in [5.41, 5.74) is 6.36. The molecule has 2 fully saturated rings. The lowest BCUT2D eigenvalue weighted by Gasteiger charge is -2.32. The van der Waals surface area contributed by atoms with E-state index in [1.807, 2.05) is 0 Å². The van der Waals surface area contributed by atoms with Crippen molar-refractivity contribution in [2.45, 2.75) is 63.7 Å². The molecule has 9 nitrogen and oxygen atoms in total. The van der Waals surface area contributed by atoms with Crippen LogP contribution in [-0.4, -0.2) is 64.7 Å². The quantitative estimate of drug-likeness (QED) is 0.406. The van der Waals surface area contributed by atoms with Crippen molar-refractivity contribution in [1.82, 2.24) is 15.2 Å². The SMILES string of the molecule is Cc1cc(C(=[NH2+])C(N)=O)c(NCC(=O)N2CCC[C@H]2C(=O)NC2CCC[C@H](C(F)(F)F)C2)cn1. The van der Waals surface area contributed by atoms with E-state index in [1.54, 1.807) is 13.0 Å². The average molecular weight is 484 g/mol. The van der Waals surface area contributed by atoms with Crippen molar-refractivity contribution in [1.29, 1.82) is 0 Å². The number of halogens is 3. The number of anilines is 1. The van der Waals surface area contributed by atoms with Crippen molar-refractivity contribution in [2.75, 3.05) is 18.4 Å². The van der Waals surface area contributed by atoms with Gasteiger partial charge in [-0.05, 0) is 45.1 Å². The maximum atomic E-state index is 13.1. The molecule has 2 heterocycles. The lowest BCUT2D eigenvalue weighted by atomic mass is 9.85. The third-order valence-electron chi connectivity index (χ3n) is 6.39. The van der Waals surface area contributed by atoms with Crippen molar-refractivity contribution >= 4 is 29.1 Å². The number of nitrogens with two attached hydrogens (primary N) is 2. The van der Waals surface area contributed by atoms with Gasteiger partial charge in [-0.2, -0.15) is 13.2 Å². The normalized spacial score (nSPS) is 22.8. The van der Waals surface area contributed by atoms with Crippen LogP contribution in [0.2, 0.25) is 0 Å². The molecule has 1 aliphatic carbocycles. The fourth-order valence-corrected chi connectivity index (χ4v) is 4.58. The number of nitrogens with one attached hydrogen (secondary N) is 2. The van der Waals surface area contributed by atoms with Crippen LogP contribution in [-0.2, 0) is 14.4 Å². The molecule has 1 aliphatic heterocycles. The summed E-state index contributed by atoms with van der Waals surface area (Å²) >= 11 is 0. The molecule has 2 aliphatic rings. The van der Waals surface area contributed by atoms with Crippen molar-refractivity contribution in [3.05, 3.63) is 23.5 Å². The number of aryl methyl sites for hydroxylation is 1. The first-order chi connectivity index (χ1) is 16.0. The van der Waals surface area contributed by atoms with Gasteiger partial charge in [0.1, 0.15) is 6.04 Å². The minimum atomic E-state index is -4.27. The van der Waals surface area contributed by atoms with E-state index in [2.05, 4.69) is 15.6 Å². The van der Waals surface area contributed by atoms with Gasteiger partial charge in [-0.1, -0.05) is 6.42 Å². The fraction of sp³-hybridized carbons (Fsp3) is 0.591. The Bertz CT molecular complexity index is 968. The van der Waals surface area contributed by atoms with Gasteiger partial charge < -0.3 is 21.3 Å². The predicted octanol–water partition coefficient (Wildman–Crippen LogP) is 0.0637. The number of likely N-dealkylation sites (tertiary alicyclic amines) is 1. The molecule has 1 aromatic heterocycles. The van der Waals surface area contributed by atoms with Crippen LogP contribution in [0.25, 0.3) is 0 Å². The van der Waals surface area contributed by atoms with Crippen molar-refractivity contribution < 1.29 is 33.0 Å². The van der Waals surface area contributed by atoms with Crippen molar-refractivity contribution in [3.63, 3.8) is 0 Å². The topological polar surface area (TPSA) is 143 Å². The highest BCUT2D eigenvalue weighted by molar-refractivity contribution is 6.43. The van der Waals surface area contributed by atoms with E-state index in [4.69, 9.17) is 11.1 Å². The van der Waals surface area contributed by atoms with Gasteiger partial charge in [0.2, 0.25) is 11.8 Å². The Balaban J connectivity index is 1.61. The molecule has 3 amide bonds. The van der Waals surface area contributed by atoms with Gasteiger partial charge in [0.05, 0.1) is 29.9 Å². The number of pyridine rings is 1. The van der Waals surface area contributed by atoms with E-state index < -0.39 is 36.0 Å². The smallest absolute Gasteiger partial charge is 0.374 e. The summed E-state index contributed by atoms with van der Waals surface area (Å²) in [7, 11) is 0. The minimum absolute atomic E-state index is 0.0726. The van der Waals surface area contributed by atoms with E-state index >= 15 is 0 Å². The number of aromatic nitrogens is 1. The lowest BCUT2D eigenvalue weighted by Crippen LogP contribution is -2.51. The molecule has 1 saturated carbocycles. The largest absolute Gasteiger partial charge is 0.391 e. The molecule has 12 heteroatoms. The first kappa shape index (κ1) is 25.4. The van der Waals surface area contributed by atoms with E-state index in [1.165, 1.54) is 11.1 Å². The number of hydrogen-bond acceptors (Lipinski definition) is 5. The Morgan fingerprint density at radius 2 is 1.97 bits per heavy atom. The van der Waals surface area contributed by atoms with Gasteiger partial charge in [0.25, 0.3) is 5.71 Å². The highest BCUT2D eigenvalue weighted by Gasteiger charge is 2.43. The van der Waals surface area contributed by atoms with Gasteiger partial charge in [-0.25, -0.2) is 5.41 Å². The maximum absolute atomic E-state index is 13.1. The number of rotatable bonds is 7. The zero-order valence-corrected chi connectivity index (χ0v) is 19.0. The van der Waals surface area contributed by atoms with Crippen LogP contribution in [0.4, 0.5) is 18.9 Å². The van der Waals surface area contributed by atoms with Gasteiger partial charge in [-0.3, -0.25) is 19.4 Å².